The molecule has 0 saturated carbocycles. The number of halogens is 2. The molecule has 0 saturated heterocycles. The van der Waals surface area contributed by atoms with Gasteiger partial charge in [-0.3, -0.25) is 0 Å². The molecule has 3 aromatic carbocycles. The molecule has 0 amide bonds. The molecule has 0 aliphatic rings. The number of hydrogen-bond donors (Lipinski definition) is 0. The molecule has 5 nitrogen and oxygen atoms in total. The second-order valence-corrected chi connectivity index (χ2v) is 9.24. The lowest BCUT2D eigenvalue weighted by Gasteiger charge is -2.07. The number of hydrogen-bond acceptors (Lipinski definition) is 5. The molecule has 0 bridgehead atoms. The molecule has 0 atom stereocenters. The van der Waals surface area contributed by atoms with Gasteiger partial charge < -0.3 is 4.74 Å². The van der Waals surface area contributed by atoms with Gasteiger partial charge in [-0.2, -0.15) is 9.78 Å². The Hall–Kier alpha value is -2.80. The molecule has 1 aromatic heterocycles. The highest BCUT2D eigenvalue weighted by molar-refractivity contribution is 7.98. The monoisotopic (exact) mass is 496 g/mol. The molecule has 0 aliphatic heterocycles. The Morgan fingerprint density at radius 1 is 0.970 bits per heavy atom. The molecule has 0 N–H and O–H groups in total. The van der Waals surface area contributed by atoms with Gasteiger partial charge in [-0.15, -0.1) is 10.2 Å². The Balaban J connectivity index is 1.38. The van der Waals surface area contributed by atoms with Crippen molar-refractivity contribution in [3.8, 4) is 5.75 Å². The average Bonchev–Trinajstić information content (AvgIpc) is 3.16. The van der Waals surface area contributed by atoms with Crippen molar-refractivity contribution in [1.82, 2.24) is 14.9 Å². The summed E-state index contributed by atoms with van der Waals surface area (Å²) in [6, 6.07) is 21.6. The van der Waals surface area contributed by atoms with Crippen LogP contribution in [0.5, 0.6) is 5.75 Å². The molecular formula is C25H22Cl2N4OS. The van der Waals surface area contributed by atoms with Gasteiger partial charge in [0.25, 0.3) is 0 Å². The SMILES string of the molecule is Cc1ccc(COc2ccc(/C=N/n3c(C)nnc3SCc3ccc(Cl)cc3Cl)cc2)cc1. The molecule has 33 heavy (non-hydrogen) atoms. The van der Waals surface area contributed by atoms with E-state index in [0.29, 0.717) is 33.4 Å². The van der Waals surface area contributed by atoms with Gasteiger partial charge in [0.2, 0.25) is 5.16 Å². The van der Waals surface area contributed by atoms with Crippen molar-refractivity contribution < 1.29 is 4.74 Å². The average molecular weight is 497 g/mol. The minimum absolute atomic E-state index is 0.534. The van der Waals surface area contributed by atoms with E-state index in [4.69, 9.17) is 27.9 Å². The smallest absolute Gasteiger partial charge is 0.212 e. The second kappa shape index (κ2) is 10.9. The highest BCUT2D eigenvalue weighted by Gasteiger charge is 2.10. The number of thioether (sulfide) groups is 1. The van der Waals surface area contributed by atoms with Gasteiger partial charge in [0, 0.05) is 15.8 Å². The zero-order valence-corrected chi connectivity index (χ0v) is 20.5. The van der Waals surface area contributed by atoms with Crippen molar-refractivity contribution in [1.29, 1.82) is 0 Å². The van der Waals surface area contributed by atoms with Gasteiger partial charge in [0.05, 0.1) is 6.21 Å². The first kappa shape index (κ1) is 23.4. The van der Waals surface area contributed by atoms with Crippen molar-refractivity contribution in [2.75, 3.05) is 0 Å². The predicted octanol–water partition coefficient (Wildman–Crippen LogP) is 6.96. The number of rotatable bonds is 8. The van der Waals surface area contributed by atoms with Crippen LogP contribution in [-0.4, -0.2) is 21.1 Å². The predicted molar refractivity (Wildman–Crippen MR) is 136 cm³/mol. The van der Waals surface area contributed by atoms with E-state index in [2.05, 4.69) is 46.5 Å². The highest BCUT2D eigenvalue weighted by atomic mass is 35.5. The Bertz CT molecular complexity index is 1250. The van der Waals surface area contributed by atoms with Crippen molar-refractivity contribution >= 4 is 41.2 Å². The van der Waals surface area contributed by atoms with Crippen LogP contribution in [0.25, 0.3) is 0 Å². The van der Waals surface area contributed by atoms with Crippen LogP contribution < -0.4 is 4.74 Å². The fraction of sp³-hybridized carbons (Fsp3) is 0.160. The zero-order chi connectivity index (χ0) is 23.2. The normalized spacial score (nSPS) is 11.3. The molecule has 0 radical (unpaired) electrons. The quantitative estimate of drug-likeness (QED) is 0.195. The Labute approximate surface area is 207 Å². The fourth-order valence-electron chi connectivity index (χ4n) is 2.97. The fourth-order valence-corrected chi connectivity index (χ4v) is 4.46. The topological polar surface area (TPSA) is 52.3 Å². The van der Waals surface area contributed by atoms with E-state index < -0.39 is 0 Å². The molecular weight excluding hydrogens is 475 g/mol. The summed E-state index contributed by atoms with van der Waals surface area (Å²) in [5, 5.41) is 14.9. The second-order valence-electron chi connectivity index (χ2n) is 7.45. The van der Waals surface area contributed by atoms with Gasteiger partial charge in [-0.05, 0) is 66.9 Å². The first-order valence-electron chi connectivity index (χ1n) is 10.3. The van der Waals surface area contributed by atoms with Gasteiger partial charge in [0.15, 0.2) is 5.82 Å². The van der Waals surface area contributed by atoms with E-state index in [0.717, 1.165) is 22.4 Å². The van der Waals surface area contributed by atoms with Crippen molar-refractivity contribution in [2.45, 2.75) is 31.4 Å². The molecule has 1 heterocycles. The Morgan fingerprint density at radius 3 is 2.45 bits per heavy atom. The van der Waals surface area contributed by atoms with Crippen molar-refractivity contribution in [3.05, 3.63) is 105 Å². The van der Waals surface area contributed by atoms with Crippen LogP contribution in [0.15, 0.2) is 77.0 Å². The molecule has 0 fully saturated rings. The van der Waals surface area contributed by atoms with Crippen LogP contribution in [0.2, 0.25) is 10.0 Å². The van der Waals surface area contributed by atoms with E-state index in [9.17, 15) is 0 Å². The number of nitrogens with zero attached hydrogens (tertiary/aromatic N) is 4. The number of aromatic nitrogens is 3. The molecule has 4 aromatic rings. The van der Waals surface area contributed by atoms with Crippen LogP contribution in [0.4, 0.5) is 0 Å². The summed E-state index contributed by atoms with van der Waals surface area (Å²) in [4.78, 5) is 0. The molecule has 0 spiro atoms. The summed E-state index contributed by atoms with van der Waals surface area (Å²) in [7, 11) is 0. The lowest BCUT2D eigenvalue weighted by Crippen LogP contribution is -1.97. The first-order chi connectivity index (χ1) is 16.0. The van der Waals surface area contributed by atoms with Gasteiger partial charge >= 0.3 is 0 Å². The molecule has 168 valence electrons. The van der Waals surface area contributed by atoms with Gasteiger partial charge in [0.1, 0.15) is 12.4 Å². The Morgan fingerprint density at radius 2 is 1.73 bits per heavy atom. The zero-order valence-electron chi connectivity index (χ0n) is 18.2. The largest absolute Gasteiger partial charge is 0.489 e. The minimum atomic E-state index is 0.534. The molecule has 8 heteroatoms. The van der Waals surface area contributed by atoms with Crippen LogP contribution in [-0.2, 0) is 12.4 Å². The summed E-state index contributed by atoms with van der Waals surface area (Å²) in [6.07, 6.45) is 1.78. The maximum absolute atomic E-state index is 6.28. The van der Waals surface area contributed by atoms with Crippen LogP contribution in [0.3, 0.4) is 0 Å². The lowest BCUT2D eigenvalue weighted by atomic mass is 10.2. The maximum Gasteiger partial charge on any atom is 0.212 e. The maximum atomic E-state index is 6.28. The summed E-state index contributed by atoms with van der Waals surface area (Å²) in [5.41, 5.74) is 4.30. The number of ether oxygens (including phenoxy) is 1. The van der Waals surface area contributed by atoms with E-state index in [1.807, 2.05) is 43.3 Å². The van der Waals surface area contributed by atoms with Crippen LogP contribution in [0, 0.1) is 13.8 Å². The van der Waals surface area contributed by atoms with Gasteiger partial charge in [-0.25, -0.2) is 0 Å². The van der Waals surface area contributed by atoms with Crippen molar-refractivity contribution in [2.24, 2.45) is 5.10 Å². The first-order valence-corrected chi connectivity index (χ1v) is 12.0. The summed E-state index contributed by atoms with van der Waals surface area (Å²) < 4.78 is 7.59. The Kier molecular flexibility index (Phi) is 7.70. The molecule has 0 unspecified atom stereocenters. The summed E-state index contributed by atoms with van der Waals surface area (Å²) >= 11 is 13.8. The van der Waals surface area contributed by atoms with Crippen LogP contribution >= 0.6 is 35.0 Å². The van der Waals surface area contributed by atoms with E-state index in [1.54, 1.807) is 17.0 Å². The molecule has 4 rings (SSSR count). The van der Waals surface area contributed by atoms with Gasteiger partial charge in [-0.1, -0.05) is 70.9 Å². The summed E-state index contributed by atoms with van der Waals surface area (Å²) in [5.74, 6) is 2.15. The number of benzene rings is 3. The van der Waals surface area contributed by atoms with E-state index >= 15 is 0 Å². The van der Waals surface area contributed by atoms with E-state index in [-0.39, 0.29) is 0 Å². The third-order valence-corrected chi connectivity index (χ3v) is 6.42. The third kappa shape index (κ3) is 6.38. The molecule has 0 aliphatic carbocycles. The lowest BCUT2D eigenvalue weighted by molar-refractivity contribution is 0.306. The highest BCUT2D eigenvalue weighted by Crippen LogP contribution is 2.28. The standard InChI is InChI=1S/C25H22Cl2N4OS/c1-17-3-5-20(6-4-17)15-32-23-11-7-19(8-12-23)14-28-31-18(2)29-30-25(31)33-16-21-9-10-22(26)13-24(21)27/h3-14H,15-16H2,1-2H3/b28-14+. The number of aryl methyl sites for hydroxylation is 2. The van der Waals surface area contributed by atoms with Crippen LogP contribution in [0.1, 0.15) is 28.1 Å². The minimum Gasteiger partial charge on any atom is -0.489 e. The van der Waals surface area contributed by atoms with Crippen molar-refractivity contribution in [3.63, 3.8) is 0 Å². The van der Waals surface area contributed by atoms with E-state index in [1.165, 1.54) is 17.3 Å². The third-order valence-electron chi connectivity index (χ3n) is 4.87. The summed E-state index contributed by atoms with van der Waals surface area (Å²) in [6.45, 7) is 4.47.